The Balaban J connectivity index is 1.63. The van der Waals surface area contributed by atoms with E-state index in [2.05, 4.69) is 13.8 Å². The second-order valence-electron chi connectivity index (χ2n) is 9.29. The fraction of sp³-hybridized carbons (Fsp3) is 0.571. The minimum absolute atomic E-state index is 0.0357. The Morgan fingerprint density at radius 1 is 1.15 bits per heavy atom. The molecule has 1 aromatic rings. The molecule has 3 aliphatic carbocycles. The number of ketones is 3. The number of hydrogen-bond donors (Lipinski definition) is 1. The average molecular weight is 352 g/mol. The van der Waals surface area contributed by atoms with E-state index in [1.807, 2.05) is 0 Å². The van der Waals surface area contributed by atoms with Gasteiger partial charge >= 0.3 is 0 Å². The van der Waals surface area contributed by atoms with E-state index in [0.717, 1.165) is 12.8 Å². The molecular weight excluding hydrogens is 332 g/mol. The number of carbonyl (C=O) groups is 3. The second kappa shape index (κ2) is 3.96. The van der Waals surface area contributed by atoms with Gasteiger partial charge in [-0.2, -0.15) is 0 Å². The Bertz CT molecular complexity index is 946. The van der Waals surface area contributed by atoms with E-state index in [4.69, 9.17) is 4.74 Å². The molecule has 2 spiro atoms. The molecule has 2 saturated carbocycles. The third-order valence-corrected chi connectivity index (χ3v) is 8.60. The van der Waals surface area contributed by atoms with Crippen LogP contribution >= 0.6 is 0 Å². The maximum Gasteiger partial charge on any atom is 0.174 e. The van der Waals surface area contributed by atoms with Crippen LogP contribution < -0.4 is 0 Å². The Kier molecular flexibility index (Phi) is 2.30. The van der Waals surface area contributed by atoms with Crippen molar-refractivity contribution in [2.24, 2.45) is 28.6 Å². The monoisotopic (exact) mass is 352 g/mol. The molecular formula is C21H20O5. The lowest BCUT2D eigenvalue weighted by molar-refractivity contribution is -0.138. The van der Waals surface area contributed by atoms with Crippen molar-refractivity contribution in [3.8, 4) is 5.75 Å². The molecule has 5 heteroatoms. The number of phenolic OH excluding ortho intramolecular Hbond substituents is 1. The van der Waals surface area contributed by atoms with Crippen molar-refractivity contribution in [3.63, 3.8) is 0 Å². The average Bonchev–Trinajstić information content (AvgIpc) is 3.21. The van der Waals surface area contributed by atoms with Gasteiger partial charge in [-0.25, -0.2) is 0 Å². The number of hydrogen-bond acceptors (Lipinski definition) is 5. The highest BCUT2D eigenvalue weighted by Crippen LogP contribution is 2.80. The summed E-state index contributed by atoms with van der Waals surface area (Å²) >= 11 is 0. The predicted molar refractivity (Wildman–Crippen MR) is 89.9 cm³/mol. The first kappa shape index (κ1) is 15.1. The minimum atomic E-state index is -0.876. The summed E-state index contributed by atoms with van der Waals surface area (Å²) < 4.78 is 6.34. The zero-order valence-corrected chi connectivity index (χ0v) is 14.7. The summed E-state index contributed by atoms with van der Waals surface area (Å²) in [4.78, 5) is 40.2. The van der Waals surface area contributed by atoms with Crippen LogP contribution in [0.2, 0.25) is 0 Å². The number of fused-ring (bicyclic) bond motifs is 5. The molecule has 5 aliphatic rings. The highest BCUT2D eigenvalue weighted by molar-refractivity contribution is 6.21. The van der Waals surface area contributed by atoms with Crippen molar-refractivity contribution in [3.05, 3.63) is 29.3 Å². The Morgan fingerprint density at radius 3 is 2.65 bits per heavy atom. The van der Waals surface area contributed by atoms with Gasteiger partial charge in [-0.15, -0.1) is 0 Å². The van der Waals surface area contributed by atoms with Gasteiger partial charge in [-0.3, -0.25) is 14.4 Å². The lowest BCUT2D eigenvalue weighted by atomic mass is 9.49. The van der Waals surface area contributed by atoms with E-state index in [-0.39, 0.29) is 39.6 Å². The molecule has 6 rings (SSSR count). The third-order valence-electron chi connectivity index (χ3n) is 8.60. The number of aromatic hydroxyl groups is 1. The summed E-state index contributed by atoms with van der Waals surface area (Å²) in [6.45, 7) is 4.24. The zero-order chi connectivity index (χ0) is 18.2. The maximum absolute atomic E-state index is 13.5. The van der Waals surface area contributed by atoms with Crippen LogP contribution in [0.4, 0.5) is 0 Å². The van der Waals surface area contributed by atoms with Crippen molar-refractivity contribution >= 4 is 17.3 Å². The summed E-state index contributed by atoms with van der Waals surface area (Å²) in [5.74, 6) is -1.63. The second-order valence-corrected chi connectivity index (χ2v) is 9.29. The van der Waals surface area contributed by atoms with E-state index in [9.17, 15) is 19.5 Å². The van der Waals surface area contributed by atoms with Gasteiger partial charge in [0.25, 0.3) is 0 Å². The first-order valence-corrected chi connectivity index (χ1v) is 9.40. The van der Waals surface area contributed by atoms with E-state index in [1.54, 1.807) is 12.1 Å². The van der Waals surface area contributed by atoms with Crippen LogP contribution in [0.5, 0.6) is 5.75 Å². The van der Waals surface area contributed by atoms with E-state index in [1.165, 1.54) is 6.07 Å². The summed E-state index contributed by atoms with van der Waals surface area (Å²) in [6.07, 6.45) is 1.55. The van der Waals surface area contributed by atoms with Crippen LogP contribution in [0.3, 0.4) is 0 Å². The number of ether oxygens (including phenoxy) is 1. The molecule has 2 saturated heterocycles. The van der Waals surface area contributed by atoms with Crippen LogP contribution in [0, 0.1) is 28.6 Å². The Morgan fingerprint density at radius 2 is 1.92 bits per heavy atom. The lowest BCUT2D eigenvalue weighted by Crippen LogP contribution is -2.62. The van der Waals surface area contributed by atoms with Gasteiger partial charge in [-0.1, -0.05) is 26.0 Å². The molecule has 0 radical (unpaired) electrons. The molecule has 5 nitrogen and oxygen atoms in total. The van der Waals surface area contributed by atoms with Gasteiger partial charge in [0.05, 0.1) is 28.4 Å². The van der Waals surface area contributed by atoms with Gasteiger partial charge in [0, 0.05) is 5.56 Å². The quantitative estimate of drug-likeness (QED) is 0.776. The lowest BCUT2D eigenvalue weighted by Gasteiger charge is -2.49. The number of rotatable bonds is 0. The standard InChI is InChI=1S/C21H20O5/c1-19(2)9-6-7-20(19)18(25)17-13-14(21(20,8-9)26-17)16(24)12-10(15(13)23)4-3-5-11(12)22/h3-5,9,13-14,17,22H,6-8H2,1-2H3. The topological polar surface area (TPSA) is 80.7 Å². The SMILES string of the molecule is CC1(C)C2CCC13C(=O)C1OC3(C2)C2C(=O)c3c(O)cccc3C(=O)C12. The van der Waals surface area contributed by atoms with Crippen molar-refractivity contribution in [1.82, 2.24) is 0 Å². The molecule has 4 bridgehead atoms. The van der Waals surface area contributed by atoms with Crippen molar-refractivity contribution in [2.45, 2.75) is 44.8 Å². The number of carbonyl (C=O) groups excluding carboxylic acids is 3. The van der Waals surface area contributed by atoms with Gasteiger partial charge in [-0.05, 0) is 36.7 Å². The van der Waals surface area contributed by atoms with Crippen molar-refractivity contribution in [2.75, 3.05) is 0 Å². The smallest absolute Gasteiger partial charge is 0.174 e. The van der Waals surface area contributed by atoms with E-state index < -0.39 is 29.0 Å². The van der Waals surface area contributed by atoms with Crippen molar-refractivity contribution < 1.29 is 24.2 Å². The first-order valence-electron chi connectivity index (χ1n) is 9.40. The number of benzene rings is 1. The van der Waals surface area contributed by atoms with Crippen molar-refractivity contribution in [1.29, 1.82) is 0 Å². The summed E-state index contributed by atoms with van der Waals surface area (Å²) in [5, 5.41) is 10.3. The summed E-state index contributed by atoms with van der Waals surface area (Å²) in [6, 6.07) is 4.58. The Labute approximate surface area is 150 Å². The third kappa shape index (κ3) is 1.14. The fourth-order valence-corrected chi connectivity index (χ4v) is 7.57. The number of Topliss-reactive ketones (excluding diaryl/α,β-unsaturated/α-hetero) is 3. The molecule has 0 amide bonds. The number of phenols is 1. The summed E-state index contributed by atoms with van der Waals surface area (Å²) in [5.41, 5.74) is -1.43. The maximum atomic E-state index is 13.5. The van der Waals surface area contributed by atoms with E-state index in [0.29, 0.717) is 12.3 Å². The zero-order valence-electron chi connectivity index (χ0n) is 14.7. The fourth-order valence-electron chi connectivity index (χ4n) is 7.57. The minimum Gasteiger partial charge on any atom is -0.507 e. The van der Waals surface area contributed by atoms with Crippen LogP contribution in [-0.4, -0.2) is 34.2 Å². The first-order chi connectivity index (χ1) is 12.3. The van der Waals surface area contributed by atoms with Gasteiger partial charge in [0.15, 0.2) is 17.3 Å². The Hall–Kier alpha value is -2.01. The molecule has 0 aromatic heterocycles. The highest BCUT2D eigenvalue weighted by atomic mass is 16.5. The highest BCUT2D eigenvalue weighted by Gasteiger charge is 2.87. The van der Waals surface area contributed by atoms with Crippen LogP contribution in [0.15, 0.2) is 18.2 Å². The molecule has 4 fully saturated rings. The van der Waals surface area contributed by atoms with Gasteiger partial charge in [0.1, 0.15) is 11.9 Å². The molecule has 6 unspecified atom stereocenters. The van der Waals surface area contributed by atoms with Crippen LogP contribution in [0.1, 0.15) is 53.8 Å². The normalized spacial score (nSPS) is 46.5. The van der Waals surface area contributed by atoms with Gasteiger partial charge in [0.2, 0.25) is 0 Å². The van der Waals surface area contributed by atoms with Gasteiger partial charge < -0.3 is 9.84 Å². The molecule has 134 valence electrons. The van der Waals surface area contributed by atoms with E-state index >= 15 is 0 Å². The molecule has 1 N–H and O–H groups in total. The summed E-state index contributed by atoms with van der Waals surface area (Å²) in [7, 11) is 0. The molecule has 1 aromatic carbocycles. The molecule has 6 atom stereocenters. The van der Waals surface area contributed by atoms with Crippen LogP contribution in [0.25, 0.3) is 0 Å². The molecule has 2 aliphatic heterocycles. The largest absolute Gasteiger partial charge is 0.507 e. The molecule has 2 heterocycles. The predicted octanol–water partition coefficient (Wildman–Crippen LogP) is 2.55. The van der Waals surface area contributed by atoms with Crippen LogP contribution in [-0.2, 0) is 9.53 Å². The molecule has 26 heavy (non-hydrogen) atoms.